The number of nitrogens with one attached hydrogen (secondary N) is 1. The predicted octanol–water partition coefficient (Wildman–Crippen LogP) is 5.03. The van der Waals surface area contributed by atoms with Gasteiger partial charge in [-0.25, -0.2) is 0 Å². The molecule has 0 saturated carbocycles. The lowest BCUT2D eigenvalue weighted by Crippen LogP contribution is -2.24. The van der Waals surface area contributed by atoms with Crippen LogP contribution in [0.15, 0.2) is 18.2 Å². The van der Waals surface area contributed by atoms with E-state index in [2.05, 4.69) is 49.2 Å². The Morgan fingerprint density at radius 1 is 1.29 bits per heavy atom. The van der Waals surface area contributed by atoms with Crippen molar-refractivity contribution < 1.29 is 0 Å². The molecule has 0 radical (unpaired) electrons. The van der Waals surface area contributed by atoms with Crippen molar-refractivity contribution in [2.75, 3.05) is 24.5 Å². The van der Waals surface area contributed by atoms with E-state index in [4.69, 9.17) is 11.6 Å². The molecule has 1 aliphatic rings. The van der Waals surface area contributed by atoms with Gasteiger partial charge in [-0.15, -0.1) is 0 Å². The van der Waals surface area contributed by atoms with Gasteiger partial charge in [0.1, 0.15) is 0 Å². The van der Waals surface area contributed by atoms with Crippen LogP contribution < -0.4 is 10.2 Å². The molecule has 1 heterocycles. The lowest BCUT2D eigenvalue weighted by atomic mass is 9.98. The highest BCUT2D eigenvalue weighted by Gasteiger charge is 2.17. The summed E-state index contributed by atoms with van der Waals surface area (Å²) < 4.78 is 0. The van der Waals surface area contributed by atoms with Crippen LogP contribution in [0.5, 0.6) is 0 Å². The summed E-state index contributed by atoms with van der Waals surface area (Å²) in [5.74, 6) is 0.901. The van der Waals surface area contributed by atoms with E-state index in [1.54, 1.807) is 0 Å². The molecule has 2 rings (SSSR count). The summed E-state index contributed by atoms with van der Waals surface area (Å²) >= 11 is 6.51. The van der Waals surface area contributed by atoms with E-state index in [1.807, 2.05) is 0 Å². The van der Waals surface area contributed by atoms with E-state index in [0.29, 0.717) is 6.04 Å². The van der Waals surface area contributed by atoms with E-state index in [0.717, 1.165) is 30.6 Å². The molecule has 21 heavy (non-hydrogen) atoms. The van der Waals surface area contributed by atoms with Gasteiger partial charge in [-0.3, -0.25) is 0 Å². The minimum Gasteiger partial charge on any atom is -0.371 e. The third-order valence-electron chi connectivity index (χ3n) is 4.75. The fourth-order valence-corrected chi connectivity index (χ4v) is 3.65. The fourth-order valence-electron chi connectivity index (χ4n) is 3.31. The van der Waals surface area contributed by atoms with Crippen LogP contribution in [-0.4, -0.2) is 19.6 Å². The SMILES string of the molecule is CCNC(C)c1ccc(N2CCCC(CC)CC2)cc1Cl. The third-order valence-corrected chi connectivity index (χ3v) is 5.08. The Balaban J connectivity index is 2.08. The predicted molar refractivity (Wildman–Crippen MR) is 93.4 cm³/mol. The van der Waals surface area contributed by atoms with Crippen LogP contribution in [0.25, 0.3) is 0 Å². The Morgan fingerprint density at radius 3 is 2.76 bits per heavy atom. The molecule has 0 spiro atoms. The second-order valence-corrected chi connectivity index (χ2v) is 6.58. The van der Waals surface area contributed by atoms with Crippen molar-refractivity contribution in [3.8, 4) is 0 Å². The Kier molecular flexibility index (Phi) is 6.38. The first-order chi connectivity index (χ1) is 10.2. The van der Waals surface area contributed by atoms with Crippen molar-refractivity contribution >= 4 is 17.3 Å². The Morgan fingerprint density at radius 2 is 2.10 bits per heavy atom. The Bertz CT molecular complexity index is 447. The van der Waals surface area contributed by atoms with Crippen molar-refractivity contribution in [1.82, 2.24) is 5.32 Å². The molecule has 0 aromatic heterocycles. The minimum atomic E-state index is 0.310. The molecular weight excluding hydrogens is 280 g/mol. The normalized spacial score (nSPS) is 21.1. The highest BCUT2D eigenvalue weighted by molar-refractivity contribution is 6.31. The molecule has 0 aliphatic carbocycles. The maximum absolute atomic E-state index is 6.51. The summed E-state index contributed by atoms with van der Waals surface area (Å²) in [4.78, 5) is 2.50. The lowest BCUT2D eigenvalue weighted by Gasteiger charge is -2.24. The number of halogens is 1. The summed E-state index contributed by atoms with van der Waals surface area (Å²) in [6.07, 6.45) is 5.29. The first-order valence-electron chi connectivity index (χ1n) is 8.43. The molecule has 0 bridgehead atoms. The van der Waals surface area contributed by atoms with Crippen LogP contribution in [0.3, 0.4) is 0 Å². The van der Waals surface area contributed by atoms with Crippen LogP contribution in [0, 0.1) is 5.92 Å². The number of benzene rings is 1. The van der Waals surface area contributed by atoms with Gasteiger partial charge >= 0.3 is 0 Å². The van der Waals surface area contributed by atoms with Crippen molar-refractivity contribution in [3.05, 3.63) is 28.8 Å². The summed E-state index contributed by atoms with van der Waals surface area (Å²) in [6.45, 7) is 9.89. The average molecular weight is 309 g/mol. The summed E-state index contributed by atoms with van der Waals surface area (Å²) in [5, 5.41) is 4.31. The molecule has 118 valence electrons. The van der Waals surface area contributed by atoms with E-state index in [-0.39, 0.29) is 0 Å². The van der Waals surface area contributed by atoms with E-state index >= 15 is 0 Å². The molecule has 1 aliphatic heterocycles. The number of nitrogens with zero attached hydrogens (tertiary/aromatic N) is 1. The second-order valence-electron chi connectivity index (χ2n) is 6.18. The number of anilines is 1. The molecule has 1 fully saturated rings. The first kappa shape index (κ1) is 16.6. The zero-order valence-corrected chi connectivity index (χ0v) is 14.4. The largest absolute Gasteiger partial charge is 0.371 e. The van der Waals surface area contributed by atoms with E-state index < -0.39 is 0 Å². The Hall–Kier alpha value is -0.730. The molecule has 3 heteroatoms. The van der Waals surface area contributed by atoms with Crippen LogP contribution in [0.1, 0.15) is 58.1 Å². The molecule has 0 amide bonds. The van der Waals surface area contributed by atoms with Gasteiger partial charge in [0.25, 0.3) is 0 Å². The van der Waals surface area contributed by atoms with Crippen LogP contribution in [0.4, 0.5) is 5.69 Å². The van der Waals surface area contributed by atoms with Gasteiger partial charge in [0, 0.05) is 29.8 Å². The molecular formula is C18H29ClN2. The smallest absolute Gasteiger partial charge is 0.0474 e. The highest BCUT2D eigenvalue weighted by Crippen LogP contribution is 2.30. The molecule has 2 atom stereocenters. The molecule has 2 nitrogen and oxygen atoms in total. The summed E-state index contributed by atoms with van der Waals surface area (Å²) in [6, 6.07) is 6.89. The lowest BCUT2D eigenvalue weighted by molar-refractivity contribution is 0.459. The zero-order valence-electron chi connectivity index (χ0n) is 13.7. The van der Waals surface area contributed by atoms with Gasteiger partial charge in [0.2, 0.25) is 0 Å². The maximum Gasteiger partial charge on any atom is 0.0474 e. The number of hydrogen-bond donors (Lipinski definition) is 1. The van der Waals surface area contributed by atoms with Crippen molar-refractivity contribution in [3.63, 3.8) is 0 Å². The summed E-state index contributed by atoms with van der Waals surface area (Å²) in [5.41, 5.74) is 2.48. The topological polar surface area (TPSA) is 15.3 Å². The van der Waals surface area contributed by atoms with Gasteiger partial charge in [-0.1, -0.05) is 37.9 Å². The Labute approximate surface area is 134 Å². The monoisotopic (exact) mass is 308 g/mol. The van der Waals surface area contributed by atoms with Crippen molar-refractivity contribution in [2.45, 2.75) is 52.5 Å². The van der Waals surface area contributed by atoms with Crippen LogP contribution in [0.2, 0.25) is 5.02 Å². The first-order valence-corrected chi connectivity index (χ1v) is 8.81. The van der Waals surface area contributed by atoms with Gasteiger partial charge in [0.15, 0.2) is 0 Å². The number of hydrogen-bond acceptors (Lipinski definition) is 2. The zero-order chi connectivity index (χ0) is 15.2. The molecule has 1 saturated heterocycles. The molecule has 1 aromatic carbocycles. The quantitative estimate of drug-likeness (QED) is 0.821. The van der Waals surface area contributed by atoms with Gasteiger partial charge < -0.3 is 10.2 Å². The standard InChI is InChI=1S/C18H29ClN2/c1-4-15-7-6-11-21(12-10-15)16-8-9-17(18(19)13-16)14(3)20-5-2/h8-9,13-15,20H,4-7,10-12H2,1-3H3. The van der Waals surface area contributed by atoms with Crippen molar-refractivity contribution in [2.24, 2.45) is 5.92 Å². The van der Waals surface area contributed by atoms with Crippen LogP contribution in [-0.2, 0) is 0 Å². The van der Waals surface area contributed by atoms with Gasteiger partial charge in [0.05, 0.1) is 0 Å². The van der Waals surface area contributed by atoms with E-state index in [1.165, 1.54) is 36.9 Å². The van der Waals surface area contributed by atoms with Gasteiger partial charge in [-0.2, -0.15) is 0 Å². The van der Waals surface area contributed by atoms with Crippen molar-refractivity contribution in [1.29, 1.82) is 0 Å². The highest BCUT2D eigenvalue weighted by atomic mass is 35.5. The van der Waals surface area contributed by atoms with Crippen LogP contribution >= 0.6 is 11.6 Å². The summed E-state index contributed by atoms with van der Waals surface area (Å²) in [7, 11) is 0. The fraction of sp³-hybridized carbons (Fsp3) is 0.667. The molecule has 1 aromatic rings. The van der Waals surface area contributed by atoms with E-state index in [9.17, 15) is 0 Å². The second kappa shape index (κ2) is 8.05. The molecule has 1 N–H and O–H groups in total. The number of rotatable bonds is 5. The molecule has 2 unspecified atom stereocenters. The third kappa shape index (κ3) is 4.37. The maximum atomic E-state index is 6.51. The average Bonchev–Trinajstić information content (AvgIpc) is 2.72. The van der Waals surface area contributed by atoms with Gasteiger partial charge in [-0.05, 0) is 56.3 Å². The minimum absolute atomic E-state index is 0.310.